The van der Waals surface area contributed by atoms with Crippen LogP contribution < -0.4 is 10.6 Å². The number of carbonyl (C=O) groups is 2. The van der Waals surface area contributed by atoms with Crippen molar-refractivity contribution in [2.75, 3.05) is 25.5 Å². The zero-order valence-corrected chi connectivity index (χ0v) is 17.4. The van der Waals surface area contributed by atoms with E-state index in [0.717, 1.165) is 6.42 Å². The Kier molecular flexibility index (Phi) is 8.48. The van der Waals surface area contributed by atoms with Gasteiger partial charge in [-0.05, 0) is 50.2 Å². The van der Waals surface area contributed by atoms with E-state index in [4.69, 9.17) is 11.6 Å². The first-order valence-corrected chi connectivity index (χ1v) is 9.86. The van der Waals surface area contributed by atoms with E-state index in [1.54, 1.807) is 43.1 Å². The van der Waals surface area contributed by atoms with Gasteiger partial charge in [-0.25, -0.2) is 0 Å². The molecule has 2 aromatic carbocycles. The van der Waals surface area contributed by atoms with Crippen LogP contribution in [0.15, 0.2) is 54.6 Å². The van der Waals surface area contributed by atoms with Crippen molar-refractivity contribution in [1.29, 1.82) is 0 Å². The minimum absolute atomic E-state index is 0.0869. The predicted octanol–water partition coefficient (Wildman–Crippen LogP) is 3.91. The Hall–Kier alpha value is -2.37. The molecule has 2 atom stereocenters. The van der Waals surface area contributed by atoms with Crippen LogP contribution in [-0.2, 0) is 9.59 Å². The summed E-state index contributed by atoms with van der Waals surface area (Å²) in [5.74, 6) is 0.00669. The lowest BCUT2D eigenvalue weighted by atomic mass is 9.96. The van der Waals surface area contributed by atoms with Crippen molar-refractivity contribution in [3.63, 3.8) is 0 Å². The molecule has 0 unspecified atom stereocenters. The molecule has 2 aromatic rings. The average molecular weight is 402 g/mol. The molecule has 0 bridgehead atoms. The van der Waals surface area contributed by atoms with Gasteiger partial charge in [-0.1, -0.05) is 48.9 Å². The first kappa shape index (κ1) is 21.9. The SMILES string of the molecule is CC[C@H](CNC(=O)[C@@H](C)N(C)CC(=O)Nc1ccc(Cl)cc1)c1ccccc1. The number of carbonyl (C=O) groups excluding carboxylic acids is 2. The molecule has 0 fully saturated rings. The van der Waals surface area contributed by atoms with E-state index in [2.05, 4.69) is 29.7 Å². The molecule has 0 aromatic heterocycles. The maximum atomic E-state index is 12.5. The molecule has 2 amide bonds. The van der Waals surface area contributed by atoms with Gasteiger partial charge in [0.15, 0.2) is 0 Å². The Morgan fingerprint density at radius 3 is 2.32 bits per heavy atom. The van der Waals surface area contributed by atoms with Crippen molar-refractivity contribution in [3.05, 3.63) is 65.2 Å². The normalized spacial score (nSPS) is 13.0. The fourth-order valence-electron chi connectivity index (χ4n) is 2.89. The van der Waals surface area contributed by atoms with Crippen LogP contribution in [-0.4, -0.2) is 42.9 Å². The summed E-state index contributed by atoms with van der Waals surface area (Å²) in [5.41, 5.74) is 1.89. The van der Waals surface area contributed by atoms with Crippen molar-refractivity contribution >= 4 is 29.1 Å². The highest BCUT2D eigenvalue weighted by Gasteiger charge is 2.21. The van der Waals surface area contributed by atoms with Crippen LogP contribution in [0.4, 0.5) is 5.69 Å². The molecule has 150 valence electrons. The summed E-state index contributed by atoms with van der Waals surface area (Å²) in [6, 6.07) is 16.7. The van der Waals surface area contributed by atoms with Crippen LogP contribution in [0, 0.1) is 0 Å². The summed E-state index contributed by atoms with van der Waals surface area (Å²) in [5, 5.41) is 6.43. The molecular formula is C22H28ClN3O2. The number of anilines is 1. The number of rotatable bonds is 9. The monoisotopic (exact) mass is 401 g/mol. The van der Waals surface area contributed by atoms with Crippen molar-refractivity contribution in [2.45, 2.75) is 32.2 Å². The minimum atomic E-state index is -0.413. The van der Waals surface area contributed by atoms with Crippen molar-refractivity contribution in [2.24, 2.45) is 0 Å². The topological polar surface area (TPSA) is 61.4 Å². The molecule has 0 aliphatic heterocycles. The van der Waals surface area contributed by atoms with E-state index in [-0.39, 0.29) is 24.3 Å². The average Bonchev–Trinajstić information content (AvgIpc) is 2.70. The molecule has 28 heavy (non-hydrogen) atoms. The van der Waals surface area contributed by atoms with Crippen LogP contribution in [0.1, 0.15) is 31.7 Å². The van der Waals surface area contributed by atoms with Gasteiger partial charge in [-0.2, -0.15) is 0 Å². The Bertz CT molecular complexity index is 765. The first-order chi connectivity index (χ1) is 13.4. The molecule has 0 radical (unpaired) electrons. The first-order valence-electron chi connectivity index (χ1n) is 9.49. The molecule has 0 saturated heterocycles. The Morgan fingerprint density at radius 1 is 1.07 bits per heavy atom. The van der Waals surface area contributed by atoms with Crippen LogP contribution >= 0.6 is 11.6 Å². The van der Waals surface area contributed by atoms with E-state index in [0.29, 0.717) is 17.3 Å². The quantitative estimate of drug-likeness (QED) is 0.669. The molecule has 0 aliphatic rings. The summed E-state index contributed by atoms with van der Waals surface area (Å²) >= 11 is 5.85. The lowest BCUT2D eigenvalue weighted by molar-refractivity contribution is -0.126. The van der Waals surface area contributed by atoms with Gasteiger partial charge in [-0.15, -0.1) is 0 Å². The van der Waals surface area contributed by atoms with E-state index < -0.39 is 6.04 Å². The molecule has 6 heteroatoms. The van der Waals surface area contributed by atoms with Gasteiger partial charge in [0.25, 0.3) is 0 Å². The maximum Gasteiger partial charge on any atom is 0.238 e. The van der Waals surface area contributed by atoms with Gasteiger partial charge in [0.05, 0.1) is 12.6 Å². The highest BCUT2D eigenvalue weighted by atomic mass is 35.5. The van der Waals surface area contributed by atoms with E-state index in [9.17, 15) is 9.59 Å². The Morgan fingerprint density at radius 2 is 1.71 bits per heavy atom. The number of nitrogens with one attached hydrogen (secondary N) is 2. The summed E-state index contributed by atoms with van der Waals surface area (Å²) in [6.45, 7) is 4.61. The molecule has 0 saturated carbocycles. The second kappa shape index (κ2) is 10.8. The number of hydrogen-bond donors (Lipinski definition) is 2. The van der Waals surface area contributed by atoms with E-state index in [1.807, 2.05) is 18.2 Å². The third-order valence-corrected chi connectivity index (χ3v) is 5.10. The predicted molar refractivity (Wildman–Crippen MR) is 115 cm³/mol. The van der Waals surface area contributed by atoms with Gasteiger partial charge < -0.3 is 10.6 Å². The second-order valence-corrected chi connectivity index (χ2v) is 7.34. The third-order valence-electron chi connectivity index (χ3n) is 4.85. The van der Waals surface area contributed by atoms with Crippen LogP contribution in [0.25, 0.3) is 0 Å². The number of nitrogens with zero attached hydrogens (tertiary/aromatic N) is 1. The number of amides is 2. The Balaban J connectivity index is 1.82. The van der Waals surface area contributed by atoms with Gasteiger partial charge in [-0.3, -0.25) is 14.5 Å². The van der Waals surface area contributed by atoms with E-state index >= 15 is 0 Å². The standard InChI is InChI=1S/C22H28ClN3O2/c1-4-17(18-8-6-5-7-9-18)14-24-22(28)16(2)26(3)15-21(27)25-20-12-10-19(23)11-13-20/h5-13,16-17H,4,14-15H2,1-3H3,(H,24,28)(H,25,27)/t16-,17-/m1/s1. The number of likely N-dealkylation sites (N-methyl/N-ethyl adjacent to an activating group) is 1. The van der Waals surface area contributed by atoms with E-state index in [1.165, 1.54) is 5.56 Å². The van der Waals surface area contributed by atoms with Crippen LogP contribution in [0.2, 0.25) is 5.02 Å². The Labute approximate surface area is 172 Å². The molecule has 0 heterocycles. The van der Waals surface area contributed by atoms with Crippen LogP contribution in [0.5, 0.6) is 0 Å². The lowest BCUT2D eigenvalue weighted by Crippen LogP contribution is -2.46. The molecule has 5 nitrogen and oxygen atoms in total. The number of hydrogen-bond acceptors (Lipinski definition) is 3. The van der Waals surface area contributed by atoms with Crippen molar-refractivity contribution < 1.29 is 9.59 Å². The molecule has 2 N–H and O–H groups in total. The highest BCUT2D eigenvalue weighted by Crippen LogP contribution is 2.18. The summed E-state index contributed by atoms with van der Waals surface area (Å²) < 4.78 is 0. The fraction of sp³-hybridized carbons (Fsp3) is 0.364. The lowest BCUT2D eigenvalue weighted by Gasteiger charge is -2.24. The van der Waals surface area contributed by atoms with Gasteiger partial charge in [0.2, 0.25) is 11.8 Å². The molecule has 0 aliphatic carbocycles. The summed E-state index contributed by atoms with van der Waals surface area (Å²) in [6.07, 6.45) is 0.942. The second-order valence-electron chi connectivity index (χ2n) is 6.91. The highest BCUT2D eigenvalue weighted by molar-refractivity contribution is 6.30. The number of benzene rings is 2. The fourth-order valence-corrected chi connectivity index (χ4v) is 3.02. The zero-order valence-electron chi connectivity index (χ0n) is 16.6. The van der Waals surface area contributed by atoms with Gasteiger partial charge in [0.1, 0.15) is 0 Å². The maximum absolute atomic E-state index is 12.5. The molecular weight excluding hydrogens is 374 g/mol. The molecule has 2 rings (SSSR count). The molecule has 0 spiro atoms. The van der Waals surface area contributed by atoms with Crippen molar-refractivity contribution in [3.8, 4) is 0 Å². The third kappa shape index (κ3) is 6.66. The smallest absolute Gasteiger partial charge is 0.238 e. The largest absolute Gasteiger partial charge is 0.354 e. The van der Waals surface area contributed by atoms with Crippen LogP contribution in [0.3, 0.4) is 0 Å². The van der Waals surface area contributed by atoms with Crippen molar-refractivity contribution in [1.82, 2.24) is 10.2 Å². The van der Waals surface area contributed by atoms with Gasteiger partial charge >= 0.3 is 0 Å². The van der Waals surface area contributed by atoms with Gasteiger partial charge in [0, 0.05) is 23.2 Å². The number of halogens is 1. The zero-order chi connectivity index (χ0) is 20.5. The summed E-state index contributed by atoms with van der Waals surface area (Å²) in [4.78, 5) is 26.5. The minimum Gasteiger partial charge on any atom is -0.354 e. The summed E-state index contributed by atoms with van der Waals surface area (Å²) in [7, 11) is 1.76.